The molecular formula is C33H40ClN3O4S. The summed E-state index contributed by atoms with van der Waals surface area (Å²) in [6, 6.07) is 18.5. The summed E-state index contributed by atoms with van der Waals surface area (Å²) in [7, 11) is -4.16. The predicted molar refractivity (Wildman–Crippen MR) is 168 cm³/mol. The zero-order valence-electron chi connectivity index (χ0n) is 24.8. The van der Waals surface area contributed by atoms with Crippen LogP contribution in [0.3, 0.4) is 0 Å². The van der Waals surface area contributed by atoms with Gasteiger partial charge in [-0.05, 0) is 81.5 Å². The molecule has 0 saturated heterocycles. The highest BCUT2D eigenvalue weighted by Gasteiger charge is 2.34. The minimum Gasteiger partial charge on any atom is -0.352 e. The SMILES string of the molecule is Cc1ccc(S(=O)(=O)N(CC(=O)N(Cc2ccccc2C)[C@@H](C)C(=O)NC2CCCCC2)c2cccc(Cl)c2C)cc1. The minimum absolute atomic E-state index is 0.0637. The molecule has 1 aliphatic rings. The second kappa shape index (κ2) is 13.7. The Kier molecular flexibility index (Phi) is 10.3. The van der Waals surface area contributed by atoms with E-state index in [1.165, 1.54) is 17.0 Å². The molecule has 9 heteroatoms. The van der Waals surface area contributed by atoms with Crippen LogP contribution in [0, 0.1) is 20.8 Å². The summed E-state index contributed by atoms with van der Waals surface area (Å²) >= 11 is 6.41. The Morgan fingerprint density at radius 3 is 2.26 bits per heavy atom. The molecule has 0 spiro atoms. The predicted octanol–water partition coefficient (Wildman–Crippen LogP) is 6.33. The molecule has 1 fully saturated rings. The maximum absolute atomic E-state index is 14.2. The van der Waals surface area contributed by atoms with Crippen molar-refractivity contribution < 1.29 is 18.0 Å². The lowest BCUT2D eigenvalue weighted by Crippen LogP contribution is -2.53. The quantitative estimate of drug-likeness (QED) is 0.291. The van der Waals surface area contributed by atoms with E-state index in [2.05, 4.69) is 5.32 Å². The number of amides is 2. The van der Waals surface area contributed by atoms with Gasteiger partial charge in [0.05, 0.1) is 10.6 Å². The number of anilines is 1. The van der Waals surface area contributed by atoms with Gasteiger partial charge in [0.1, 0.15) is 12.6 Å². The molecule has 7 nitrogen and oxygen atoms in total. The van der Waals surface area contributed by atoms with Crippen molar-refractivity contribution in [1.82, 2.24) is 10.2 Å². The van der Waals surface area contributed by atoms with Gasteiger partial charge in [-0.1, -0.05) is 78.9 Å². The first-order valence-electron chi connectivity index (χ1n) is 14.5. The molecule has 0 heterocycles. The maximum atomic E-state index is 14.2. The molecule has 1 N–H and O–H groups in total. The fourth-order valence-electron chi connectivity index (χ4n) is 5.34. The number of benzene rings is 3. The molecule has 0 radical (unpaired) electrons. The van der Waals surface area contributed by atoms with Crippen molar-refractivity contribution in [3.05, 3.63) is 94.0 Å². The molecule has 2 amide bonds. The third kappa shape index (κ3) is 7.34. The minimum atomic E-state index is -4.16. The van der Waals surface area contributed by atoms with Crippen molar-refractivity contribution in [2.24, 2.45) is 0 Å². The van der Waals surface area contributed by atoms with Crippen molar-refractivity contribution in [2.75, 3.05) is 10.8 Å². The molecule has 0 aromatic heterocycles. The fourth-order valence-corrected chi connectivity index (χ4v) is 6.98. The van der Waals surface area contributed by atoms with Gasteiger partial charge < -0.3 is 10.2 Å². The third-order valence-corrected chi connectivity index (χ3v) is 10.3. The Morgan fingerprint density at radius 1 is 0.929 bits per heavy atom. The monoisotopic (exact) mass is 609 g/mol. The molecule has 0 unspecified atom stereocenters. The summed E-state index contributed by atoms with van der Waals surface area (Å²) in [5.41, 5.74) is 3.63. The first-order chi connectivity index (χ1) is 20.0. The molecule has 1 atom stereocenters. The number of aryl methyl sites for hydroxylation is 2. The molecule has 3 aromatic rings. The lowest BCUT2D eigenvalue weighted by Gasteiger charge is -2.34. The van der Waals surface area contributed by atoms with E-state index in [0.29, 0.717) is 16.3 Å². The van der Waals surface area contributed by atoms with Gasteiger partial charge in [-0.3, -0.25) is 13.9 Å². The van der Waals surface area contributed by atoms with E-state index in [1.54, 1.807) is 44.2 Å². The third-order valence-electron chi connectivity index (χ3n) is 8.12. The first kappa shape index (κ1) is 31.6. The summed E-state index contributed by atoms with van der Waals surface area (Å²) in [6.45, 7) is 6.93. The van der Waals surface area contributed by atoms with Crippen LogP contribution in [0.5, 0.6) is 0 Å². The number of carbonyl (C=O) groups excluding carboxylic acids is 2. The van der Waals surface area contributed by atoms with Crippen molar-refractivity contribution in [3.8, 4) is 0 Å². The number of hydrogen-bond acceptors (Lipinski definition) is 4. The average Bonchev–Trinajstić information content (AvgIpc) is 2.97. The van der Waals surface area contributed by atoms with Crippen LogP contribution in [0.25, 0.3) is 0 Å². The number of rotatable bonds is 10. The summed E-state index contributed by atoms with van der Waals surface area (Å²) in [5, 5.41) is 3.53. The van der Waals surface area contributed by atoms with E-state index in [4.69, 9.17) is 11.6 Å². The summed E-state index contributed by atoms with van der Waals surface area (Å²) < 4.78 is 29.3. The summed E-state index contributed by atoms with van der Waals surface area (Å²) in [6.07, 6.45) is 5.13. The fraction of sp³-hybridized carbons (Fsp3) is 0.394. The Hall–Kier alpha value is -3.36. The first-order valence-corrected chi connectivity index (χ1v) is 16.3. The molecule has 224 valence electrons. The highest BCUT2D eigenvalue weighted by Crippen LogP contribution is 2.31. The standard InChI is InChI=1S/C33H40ClN3O4S/c1-23-17-19-29(20-18-23)42(40,41)37(31-16-10-15-30(34)25(31)3)22-32(38)36(21-27-12-9-8-11-24(27)2)26(4)33(39)35-28-13-6-5-7-14-28/h8-12,15-20,26,28H,5-7,13-14,21-22H2,1-4H3,(H,35,39)/t26-/m0/s1. The van der Waals surface area contributed by atoms with Gasteiger partial charge >= 0.3 is 0 Å². The summed E-state index contributed by atoms with van der Waals surface area (Å²) in [4.78, 5) is 29.2. The zero-order chi connectivity index (χ0) is 30.4. The number of carbonyl (C=O) groups is 2. The highest BCUT2D eigenvalue weighted by molar-refractivity contribution is 7.92. The van der Waals surface area contributed by atoms with Crippen LogP contribution < -0.4 is 9.62 Å². The van der Waals surface area contributed by atoms with Crippen LogP contribution >= 0.6 is 11.6 Å². The Morgan fingerprint density at radius 2 is 1.60 bits per heavy atom. The van der Waals surface area contributed by atoms with Crippen molar-refractivity contribution >= 4 is 39.1 Å². The number of halogens is 1. The Labute approximate surface area is 254 Å². The molecule has 0 aliphatic heterocycles. The van der Waals surface area contributed by atoms with Crippen LogP contribution in [0.1, 0.15) is 61.3 Å². The largest absolute Gasteiger partial charge is 0.352 e. The van der Waals surface area contributed by atoms with E-state index < -0.39 is 28.5 Å². The van der Waals surface area contributed by atoms with Gasteiger partial charge in [-0.2, -0.15) is 0 Å². The van der Waals surface area contributed by atoms with E-state index in [0.717, 1.165) is 53.1 Å². The lowest BCUT2D eigenvalue weighted by molar-refractivity contribution is -0.139. The van der Waals surface area contributed by atoms with Crippen LogP contribution in [-0.4, -0.2) is 43.8 Å². The second-order valence-electron chi connectivity index (χ2n) is 11.2. The number of hydrogen-bond donors (Lipinski definition) is 1. The highest BCUT2D eigenvalue weighted by atomic mass is 35.5. The van der Waals surface area contributed by atoms with Gasteiger partial charge in [-0.15, -0.1) is 0 Å². The molecule has 3 aromatic carbocycles. The van der Waals surface area contributed by atoms with Crippen LogP contribution in [0.4, 0.5) is 5.69 Å². The zero-order valence-corrected chi connectivity index (χ0v) is 26.3. The molecule has 4 rings (SSSR count). The molecular weight excluding hydrogens is 570 g/mol. The summed E-state index contributed by atoms with van der Waals surface area (Å²) in [5.74, 6) is -0.727. The Balaban J connectivity index is 1.72. The van der Waals surface area contributed by atoms with Crippen LogP contribution in [0.2, 0.25) is 5.02 Å². The van der Waals surface area contributed by atoms with Crippen molar-refractivity contribution in [3.63, 3.8) is 0 Å². The van der Waals surface area contributed by atoms with Gasteiger partial charge in [-0.25, -0.2) is 8.42 Å². The van der Waals surface area contributed by atoms with E-state index >= 15 is 0 Å². The second-order valence-corrected chi connectivity index (χ2v) is 13.4. The van der Waals surface area contributed by atoms with Crippen molar-refractivity contribution in [2.45, 2.75) is 83.3 Å². The van der Waals surface area contributed by atoms with E-state index in [9.17, 15) is 18.0 Å². The van der Waals surface area contributed by atoms with Gasteiger partial charge in [0.25, 0.3) is 10.0 Å². The number of nitrogens with zero attached hydrogens (tertiary/aromatic N) is 2. The number of nitrogens with one attached hydrogen (secondary N) is 1. The lowest BCUT2D eigenvalue weighted by atomic mass is 9.95. The normalized spacial score (nSPS) is 14.7. The Bertz CT molecular complexity index is 1520. The van der Waals surface area contributed by atoms with E-state index in [1.807, 2.05) is 38.1 Å². The van der Waals surface area contributed by atoms with Gasteiger partial charge in [0, 0.05) is 17.6 Å². The smallest absolute Gasteiger partial charge is 0.264 e. The van der Waals surface area contributed by atoms with Gasteiger partial charge in [0.15, 0.2) is 0 Å². The van der Waals surface area contributed by atoms with E-state index in [-0.39, 0.29) is 23.4 Å². The average molecular weight is 610 g/mol. The maximum Gasteiger partial charge on any atom is 0.264 e. The number of sulfonamides is 1. The van der Waals surface area contributed by atoms with Gasteiger partial charge in [0.2, 0.25) is 11.8 Å². The topological polar surface area (TPSA) is 86.8 Å². The molecule has 1 saturated carbocycles. The molecule has 0 bridgehead atoms. The van der Waals surface area contributed by atoms with Crippen molar-refractivity contribution in [1.29, 1.82) is 0 Å². The van der Waals surface area contributed by atoms with Crippen LogP contribution in [0.15, 0.2) is 71.6 Å². The van der Waals surface area contributed by atoms with Crippen LogP contribution in [-0.2, 0) is 26.2 Å². The molecule has 42 heavy (non-hydrogen) atoms. The molecule has 1 aliphatic carbocycles.